The summed E-state index contributed by atoms with van der Waals surface area (Å²) in [4.78, 5) is 7.47. The van der Waals surface area contributed by atoms with Gasteiger partial charge in [0.25, 0.3) is 0 Å². The van der Waals surface area contributed by atoms with E-state index in [1.54, 1.807) is 0 Å². The Bertz CT molecular complexity index is 663. The first-order chi connectivity index (χ1) is 11.8. The second-order valence-electron chi connectivity index (χ2n) is 7.68. The van der Waals surface area contributed by atoms with E-state index in [-0.39, 0.29) is 0 Å². The van der Waals surface area contributed by atoms with Crippen LogP contribution in [0.1, 0.15) is 44.3 Å². The van der Waals surface area contributed by atoms with E-state index in [0.29, 0.717) is 6.04 Å². The van der Waals surface area contributed by atoms with Gasteiger partial charge in [-0.25, -0.2) is 4.98 Å². The minimum absolute atomic E-state index is 0.643. The number of aryl methyl sites for hydroxylation is 1. The highest BCUT2D eigenvalue weighted by Crippen LogP contribution is 2.26. The van der Waals surface area contributed by atoms with E-state index in [9.17, 15) is 0 Å². The molecule has 0 atom stereocenters. The van der Waals surface area contributed by atoms with Crippen molar-refractivity contribution >= 4 is 11.0 Å². The van der Waals surface area contributed by atoms with Crippen molar-refractivity contribution in [1.82, 2.24) is 19.8 Å². The topological polar surface area (TPSA) is 33.1 Å². The number of rotatable bonds is 5. The van der Waals surface area contributed by atoms with Crippen LogP contribution >= 0.6 is 0 Å². The zero-order valence-electron chi connectivity index (χ0n) is 14.9. The molecule has 2 fully saturated rings. The van der Waals surface area contributed by atoms with Gasteiger partial charge in [0.05, 0.1) is 17.6 Å². The number of para-hydroxylation sites is 2. The lowest BCUT2D eigenvalue weighted by molar-refractivity contribution is 0.172. The molecule has 1 aromatic heterocycles. The van der Waals surface area contributed by atoms with Gasteiger partial charge in [-0.05, 0) is 56.8 Å². The Hall–Kier alpha value is -1.39. The molecule has 1 aromatic carbocycles. The highest BCUT2D eigenvalue weighted by Gasteiger charge is 2.23. The van der Waals surface area contributed by atoms with Crippen LogP contribution in [0.5, 0.6) is 0 Å². The summed E-state index contributed by atoms with van der Waals surface area (Å²) in [6, 6.07) is 9.03. The number of nitrogens with zero attached hydrogens (tertiary/aromatic N) is 3. The van der Waals surface area contributed by atoms with Gasteiger partial charge in [0.2, 0.25) is 0 Å². The number of benzene rings is 1. The van der Waals surface area contributed by atoms with Crippen molar-refractivity contribution < 1.29 is 0 Å². The smallest absolute Gasteiger partial charge is 0.123 e. The van der Waals surface area contributed by atoms with Crippen molar-refractivity contribution in [3.8, 4) is 0 Å². The van der Waals surface area contributed by atoms with Crippen LogP contribution in [-0.4, -0.2) is 40.1 Å². The third-order valence-electron chi connectivity index (χ3n) is 6.01. The molecule has 130 valence electrons. The van der Waals surface area contributed by atoms with Crippen molar-refractivity contribution in [3.05, 3.63) is 30.1 Å². The van der Waals surface area contributed by atoms with Gasteiger partial charge < -0.3 is 14.8 Å². The zero-order chi connectivity index (χ0) is 16.4. The van der Waals surface area contributed by atoms with Gasteiger partial charge in [0.15, 0.2) is 0 Å². The van der Waals surface area contributed by atoms with Gasteiger partial charge in [0, 0.05) is 19.6 Å². The van der Waals surface area contributed by atoms with Crippen LogP contribution in [-0.2, 0) is 13.6 Å². The Kier molecular flexibility index (Phi) is 4.86. The van der Waals surface area contributed by atoms with Crippen LogP contribution in [0.25, 0.3) is 11.0 Å². The molecule has 1 saturated carbocycles. The number of imidazole rings is 1. The van der Waals surface area contributed by atoms with E-state index in [4.69, 9.17) is 4.98 Å². The fourth-order valence-corrected chi connectivity index (χ4v) is 4.47. The Morgan fingerprint density at radius 3 is 2.58 bits per heavy atom. The summed E-state index contributed by atoms with van der Waals surface area (Å²) in [6.07, 6.45) is 8.39. The third kappa shape index (κ3) is 3.50. The molecule has 4 nitrogen and oxygen atoms in total. The average Bonchev–Trinajstić information content (AvgIpc) is 3.23. The minimum Gasteiger partial charge on any atom is -0.330 e. The number of nitrogens with one attached hydrogen (secondary N) is 1. The fraction of sp³-hybridized carbons (Fsp3) is 0.650. The molecular formula is C20H30N4. The number of fused-ring (bicyclic) bond motifs is 1. The lowest BCUT2D eigenvalue weighted by atomic mass is 10.0. The number of likely N-dealkylation sites (tertiary alicyclic amines) is 1. The van der Waals surface area contributed by atoms with Crippen LogP contribution in [0.3, 0.4) is 0 Å². The van der Waals surface area contributed by atoms with Gasteiger partial charge in [0.1, 0.15) is 5.82 Å². The maximum atomic E-state index is 4.77. The van der Waals surface area contributed by atoms with E-state index >= 15 is 0 Å². The van der Waals surface area contributed by atoms with Crippen LogP contribution in [0.2, 0.25) is 0 Å². The summed E-state index contributed by atoms with van der Waals surface area (Å²) in [5.41, 5.74) is 2.32. The summed E-state index contributed by atoms with van der Waals surface area (Å²) in [7, 11) is 2.12. The Morgan fingerprint density at radius 2 is 1.83 bits per heavy atom. The zero-order valence-corrected chi connectivity index (χ0v) is 14.9. The second kappa shape index (κ2) is 7.24. The Labute approximate surface area is 145 Å². The largest absolute Gasteiger partial charge is 0.330 e. The number of piperidine rings is 1. The van der Waals surface area contributed by atoms with Crippen molar-refractivity contribution in [2.45, 2.75) is 51.1 Å². The summed E-state index contributed by atoms with van der Waals surface area (Å²) in [6.45, 7) is 4.74. The molecule has 2 aliphatic rings. The normalized spacial score (nSPS) is 21.0. The molecule has 0 bridgehead atoms. The SMILES string of the molecule is Cn1c(CNC2CCN(CC3CCCC3)CC2)nc2ccccc21. The van der Waals surface area contributed by atoms with Crippen LogP contribution in [0.15, 0.2) is 24.3 Å². The van der Waals surface area contributed by atoms with E-state index in [2.05, 4.69) is 46.1 Å². The molecule has 0 spiro atoms. The molecule has 4 heteroatoms. The summed E-state index contributed by atoms with van der Waals surface area (Å²) >= 11 is 0. The maximum Gasteiger partial charge on any atom is 0.123 e. The molecule has 2 aromatic rings. The summed E-state index contributed by atoms with van der Waals surface area (Å²) in [5.74, 6) is 2.12. The third-order valence-corrected chi connectivity index (χ3v) is 6.01. The molecule has 1 aliphatic carbocycles. The number of aromatic nitrogens is 2. The maximum absolute atomic E-state index is 4.77. The van der Waals surface area contributed by atoms with Crippen molar-refractivity contribution in [2.24, 2.45) is 13.0 Å². The first-order valence-electron chi connectivity index (χ1n) is 9.65. The van der Waals surface area contributed by atoms with E-state index < -0.39 is 0 Å². The molecule has 1 N–H and O–H groups in total. The average molecular weight is 326 g/mol. The molecular weight excluding hydrogens is 296 g/mol. The van der Waals surface area contributed by atoms with Gasteiger partial charge in [-0.3, -0.25) is 0 Å². The molecule has 0 amide bonds. The molecule has 4 rings (SSSR count). The monoisotopic (exact) mass is 326 g/mol. The Morgan fingerprint density at radius 1 is 1.08 bits per heavy atom. The van der Waals surface area contributed by atoms with Gasteiger partial charge in [-0.1, -0.05) is 25.0 Å². The highest BCUT2D eigenvalue weighted by atomic mass is 15.2. The quantitative estimate of drug-likeness (QED) is 0.915. The minimum atomic E-state index is 0.643. The predicted molar refractivity (Wildman–Crippen MR) is 99.0 cm³/mol. The number of hydrogen-bond donors (Lipinski definition) is 1. The first-order valence-corrected chi connectivity index (χ1v) is 9.65. The Balaban J connectivity index is 1.27. The van der Waals surface area contributed by atoms with Gasteiger partial charge >= 0.3 is 0 Å². The number of hydrogen-bond acceptors (Lipinski definition) is 3. The van der Waals surface area contributed by atoms with E-state index in [0.717, 1.165) is 23.8 Å². The first kappa shape index (κ1) is 16.1. The molecule has 1 aliphatic heterocycles. The van der Waals surface area contributed by atoms with Gasteiger partial charge in [-0.2, -0.15) is 0 Å². The molecule has 2 heterocycles. The van der Waals surface area contributed by atoms with Crippen LogP contribution in [0, 0.1) is 5.92 Å². The van der Waals surface area contributed by atoms with Gasteiger partial charge in [-0.15, -0.1) is 0 Å². The summed E-state index contributed by atoms with van der Waals surface area (Å²) in [5, 5.41) is 3.74. The molecule has 24 heavy (non-hydrogen) atoms. The lowest BCUT2D eigenvalue weighted by Gasteiger charge is -2.33. The van der Waals surface area contributed by atoms with E-state index in [1.165, 1.54) is 63.7 Å². The second-order valence-corrected chi connectivity index (χ2v) is 7.68. The van der Waals surface area contributed by atoms with Crippen molar-refractivity contribution in [1.29, 1.82) is 0 Å². The fourth-order valence-electron chi connectivity index (χ4n) is 4.47. The predicted octanol–water partition coefficient (Wildman–Crippen LogP) is 3.32. The molecule has 0 radical (unpaired) electrons. The van der Waals surface area contributed by atoms with E-state index in [1.807, 2.05) is 0 Å². The van der Waals surface area contributed by atoms with Crippen molar-refractivity contribution in [3.63, 3.8) is 0 Å². The summed E-state index contributed by atoms with van der Waals surface area (Å²) < 4.78 is 2.22. The van der Waals surface area contributed by atoms with Crippen LogP contribution in [0.4, 0.5) is 0 Å². The highest BCUT2D eigenvalue weighted by molar-refractivity contribution is 5.75. The standard InChI is InChI=1S/C20H30N4/c1-23-19-9-5-4-8-18(19)22-20(23)14-21-17-10-12-24(13-11-17)15-16-6-2-3-7-16/h4-5,8-9,16-17,21H,2-3,6-7,10-15H2,1H3. The lowest BCUT2D eigenvalue weighted by Crippen LogP contribution is -2.43. The van der Waals surface area contributed by atoms with Crippen molar-refractivity contribution in [2.75, 3.05) is 19.6 Å². The molecule has 1 saturated heterocycles. The molecule has 0 unspecified atom stereocenters. The van der Waals surface area contributed by atoms with Crippen LogP contribution < -0.4 is 5.32 Å².